The minimum absolute atomic E-state index is 0.0697. The first-order chi connectivity index (χ1) is 16.6. The maximum Gasteiger partial charge on any atom is 0.272 e. The van der Waals surface area contributed by atoms with Crippen LogP contribution in [0, 0.1) is 0 Å². The van der Waals surface area contributed by atoms with Crippen LogP contribution in [0.5, 0.6) is 0 Å². The van der Waals surface area contributed by atoms with Gasteiger partial charge in [-0.3, -0.25) is 23.6 Å². The number of aryl methyl sites for hydroxylation is 1. The standard InChI is InChI=1S/C26H26N6O3/c1-15(2)31(6)25(34)16(3)28-24(33)17(4)32-14-27-23-20(8-7-9-21(23)26(32)35)18-10-11-22-19(12-18)13-30(5)29-22/h7-15H,3-4H2,1-2,5-6H3,(H,28,33). The van der Waals surface area contributed by atoms with Gasteiger partial charge in [0.25, 0.3) is 17.4 Å². The van der Waals surface area contributed by atoms with Crippen molar-refractivity contribution in [3.8, 4) is 11.1 Å². The van der Waals surface area contributed by atoms with E-state index >= 15 is 0 Å². The summed E-state index contributed by atoms with van der Waals surface area (Å²) in [5, 5.41) is 8.12. The highest BCUT2D eigenvalue weighted by atomic mass is 16.2. The Hall–Kier alpha value is -4.53. The largest absolute Gasteiger partial charge is 0.338 e. The molecule has 0 aliphatic carbocycles. The molecule has 178 valence electrons. The first-order valence-electron chi connectivity index (χ1n) is 11.0. The second-order valence-electron chi connectivity index (χ2n) is 8.59. The van der Waals surface area contributed by atoms with E-state index in [1.54, 1.807) is 23.9 Å². The summed E-state index contributed by atoms with van der Waals surface area (Å²) < 4.78 is 2.81. The van der Waals surface area contributed by atoms with Crippen molar-refractivity contribution in [3.63, 3.8) is 0 Å². The number of carbonyl (C=O) groups is 2. The van der Waals surface area contributed by atoms with Gasteiger partial charge < -0.3 is 10.2 Å². The molecule has 0 atom stereocenters. The van der Waals surface area contributed by atoms with Crippen LogP contribution in [-0.4, -0.2) is 49.1 Å². The van der Waals surface area contributed by atoms with E-state index in [-0.39, 0.29) is 17.4 Å². The van der Waals surface area contributed by atoms with Gasteiger partial charge in [-0.15, -0.1) is 0 Å². The molecule has 0 aliphatic heterocycles. The minimum atomic E-state index is -0.720. The third-order valence-corrected chi connectivity index (χ3v) is 5.89. The fourth-order valence-electron chi connectivity index (χ4n) is 3.71. The third-order valence-electron chi connectivity index (χ3n) is 5.89. The van der Waals surface area contributed by atoms with Gasteiger partial charge in [0.2, 0.25) is 0 Å². The second-order valence-corrected chi connectivity index (χ2v) is 8.59. The zero-order chi connectivity index (χ0) is 25.4. The summed E-state index contributed by atoms with van der Waals surface area (Å²) in [5.41, 5.74) is 2.31. The first kappa shape index (κ1) is 23.6. The average molecular weight is 471 g/mol. The molecule has 0 fully saturated rings. The molecule has 4 rings (SSSR count). The van der Waals surface area contributed by atoms with Crippen LogP contribution in [0.2, 0.25) is 0 Å². The second kappa shape index (κ2) is 9.02. The van der Waals surface area contributed by atoms with Crippen LogP contribution in [0.3, 0.4) is 0 Å². The van der Waals surface area contributed by atoms with E-state index in [1.165, 1.54) is 11.2 Å². The molecular weight excluding hydrogens is 444 g/mol. The molecule has 2 aromatic carbocycles. The van der Waals surface area contributed by atoms with E-state index in [0.717, 1.165) is 26.6 Å². The number of hydrogen-bond donors (Lipinski definition) is 1. The Morgan fingerprint density at radius 2 is 1.89 bits per heavy atom. The Morgan fingerprint density at radius 3 is 2.60 bits per heavy atom. The summed E-state index contributed by atoms with van der Waals surface area (Å²) in [6, 6.07) is 11.1. The lowest BCUT2D eigenvalue weighted by Crippen LogP contribution is -2.40. The molecule has 0 radical (unpaired) electrons. The van der Waals surface area contributed by atoms with E-state index in [2.05, 4.69) is 28.6 Å². The number of fused-ring (bicyclic) bond motifs is 2. The third kappa shape index (κ3) is 4.35. The molecule has 1 N–H and O–H groups in total. The number of carbonyl (C=O) groups excluding carboxylic acids is 2. The average Bonchev–Trinajstić information content (AvgIpc) is 3.21. The number of aromatic nitrogens is 4. The number of amides is 2. The summed E-state index contributed by atoms with van der Waals surface area (Å²) in [6.07, 6.45) is 3.19. The number of benzene rings is 2. The SMILES string of the molecule is C=C(NC(=O)C(=C)n1cnc2c(-c3ccc4nn(C)cc4c3)cccc2c1=O)C(=O)N(C)C(C)C. The van der Waals surface area contributed by atoms with E-state index in [1.807, 2.05) is 51.4 Å². The Morgan fingerprint density at radius 1 is 1.14 bits per heavy atom. The maximum absolute atomic E-state index is 13.3. The minimum Gasteiger partial charge on any atom is -0.338 e. The molecular formula is C26H26N6O3. The van der Waals surface area contributed by atoms with Gasteiger partial charge in [0.05, 0.1) is 22.1 Å². The highest BCUT2D eigenvalue weighted by molar-refractivity contribution is 6.15. The summed E-state index contributed by atoms with van der Waals surface area (Å²) in [6.45, 7) is 11.1. The zero-order valence-electron chi connectivity index (χ0n) is 20.1. The molecule has 0 saturated heterocycles. The lowest BCUT2D eigenvalue weighted by Gasteiger charge is -2.22. The van der Waals surface area contributed by atoms with Gasteiger partial charge in [-0.2, -0.15) is 5.10 Å². The van der Waals surface area contributed by atoms with Crippen molar-refractivity contribution in [2.24, 2.45) is 7.05 Å². The van der Waals surface area contributed by atoms with Gasteiger partial charge in [-0.05, 0) is 37.6 Å². The van der Waals surface area contributed by atoms with Crippen LogP contribution in [0.25, 0.3) is 38.6 Å². The van der Waals surface area contributed by atoms with Crippen LogP contribution in [0.4, 0.5) is 0 Å². The monoisotopic (exact) mass is 470 g/mol. The van der Waals surface area contributed by atoms with E-state index in [9.17, 15) is 14.4 Å². The summed E-state index contributed by atoms with van der Waals surface area (Å²) >= 11 is 0. The summed E-state index contributed by atoms with van der Waals surface area (Å²) in [7, 11) is 3.47. The molecule has 0 aliphatic rings. The van der Waals surface area contributed by atoms with Crippen molar-refractivity contribution >= 4 is 39.3 Å². The predicted octanol–water partition coefficient (Wildman–Crippen LogP) is 2.92. The number of rotatable bonds is 6. The summed E-state index contributed by atoms with van der Waals surface area (Å²) in [4.78, 5) is 44.3. The van der Waals surface area contributed by atoms with Crippen LogP contribution in [0.1, 0.15) is 13.8 Å². The number of likely N-dealkylation sites (N-methyl/N-ethyl adjacent to an activating group) is 1. The van der Waals surface area contributed by atoms with Gasteiger partial charge in [0, 0.05) is 37.3 Å². The molecule has 0 saturated carbocycles. The van der Waals surface area contributed by atoms with Crippen molar-refractivity contribution in [3.05, 3.63) is 78.1 Å². The lowest BCUT2D eigenvalue weighted by molar-refractivity contribution is -0.129. The number of hydrogen-bond acceptors (Lipinski definition) is 5. The molecule has 2 amide bonds. The van der Waals surface area contributed by atoms with Gasteiger partial charge in [0.1, 0.15) is 12.0 Å². The predicted molar refractivity (Wildman–Crippen MR) is 136 cm³/mol. The van der Waals surface area contributed by atoms with Gasteiger partial charge >= 0.3 is 0 Å². The molecule has 2 aromatic heterocycles. The topological polar surface area (TPSA) is 102 Å². The number of para-hydroxylation sites is 1. The van der Waals surface area contributed by atoms with Gasteiger partial charge in [-0.25, -0.2) is 4.98 Å². The van der Waals surface area contributed by atoms with Crippen molar-refractivity contribution in [1.82, 2.24) is 29.5 Å². The molecule has 9 heteroatoms. The van der Waals surface area contributed by atoms with E-state index in [0.29, 0.717) is 10.9 Å². The molecule has 0 unspecified atom stereocenters. The number of nitrogens with zero attached hydrogens (tertiary/aromatic N) is 5. The maximum atomic E-state index is 13.3. The van der Waals surface area contributed by atoms with E-state index < -0.39 is 17.4 Å². The number of nitrogens with one attached hydrogen (secondary N) is 1. The smallest absolute Gasteiger partial charge is 0.272 e. The van der Waals surface area contributed by atoms with Crippen molar-refractivity contribution in [1.29, 1.82) is 0 Å². The van der Waals surface area contributed by atoms with Crippen molar-refractivity contribution in [2.45, 2.75) is 19.9 Å². The molecule has 4 aromatic rings. The fraction of sp³-hybridized carbons (Fsp3) is 0.192. The Kier molecular flexibility index (Phi) is 6.09. The zero-order valence-corrected chi connectivity index (χ0v) is 20.1. The normalized spacial score (nSPS) is 11.1. The molecule has 0 spiro atoms. The highest BCUT2D eigenvalue weighted by Gasteiger charge is 2.20. The molecule has 35 heavy (non-hydrogen) atoms. The molecule has 0 bridgehead atoms. The summed E-state index contributed by atoms with van der Waals surface area (Å²) in [5.74, 6) is -1.15. The molecule has 9 nitrogen and oxygen atoms in total. The molecule has 2 heterocycles. The highest BCUT2D eigenvalue weighted by Crippen LogP contribution is 2.28. The van der Waals surface area contributed by atoms with Crippen LogP contribution >= 0.6 is 0 Å². The van der Waals surface area contributed by atoms with Gasteiger partial charge in [-0.1, -0.05) is 31.4 Å². The van der Waals surface area contributed by atoms with Crippen LogP contribution in [-0.2, 0) is 16.6 Å². The quantitative estimate of drug-likeness (QED) is 0.437. The van der Waals surface area contributed by atoms with Crippen molar-refractivity contribution in [2.75, 3.05) is 7.05 Å². The van der Waals surface area contributed by atoms with E-state index in [4.69, 9.17) is 0 Å². The fourth-order valence-corrected chi connectivity index (χ4v) is 3.71. The Bertz CT molecular complexity index is 1580. The van der Waals surface area contributed by atoms with Gasteiger partial charge in [0.15, 0.2) is 0 Å². The van der Waals surface area contributed by atoms with Crippen LogP contribution < -0.4 is 10.9 Å². The lowest BCUT2D eigenvalue weighted by atomic mass is 10.0. The first-order valence-corrected chi connectivity index (χ1v) is 11.0. The van der Waals surface area contributed by atoms with Crippen molar-refractivity contribution < 1.29 is 9.59 Å². The Balaban J connectivity index is 1.66. The Labute approximate surface area is 202 Å². The van der Waals surface area contributed by atoms with Crippen LogP contribution in [0.15, 0.2) is 72.6 Å².